The average Bonchev–Trinajstić information content (AvgIpc) is 2.16. The molecular weight excluding hydrogens is 212 g/mol. The minimum atomic E-state index is -1.65. The summed E-state index contributed by atoms with van der Waals surface area (Å²) >= 11 is 0. The van der Waals surface area contributed by atoms with Gasteiger partial charge in [-0.3, -0.25) is 0 Å². The summed E-state index contributed by atoms with van der Waals surface area (Å²) in [5.41, 5.74) is 0. The van der Waals surface area contributed by atoms with Crippen molar-refractivity contribution in [3.63, 3.8) is 0 Å². The molecule has 0 spiro atoms. The second-order valence-electron chi connectivity index (χ2n) is 6.47. The zero-order valence-corrected chi connectivity index (χ0v) is 12.5. The summed E-state index contributed by atoms with van der Waals surface area (Å²) in [4.78, 5) is 0. The molecule has 0 heterocycles. The molecule has 0 saturated heterocycles. The van der Waals surface area contributed by atoms with Crippen molar-refractivity contribution < 1.29 is 4.43 Å². The Hall–Kier alpha value is -0.263. The summed E-state index contributed by atoms with van der Waals surface area (Å²) in [7, 11) is -1.65. The lowest BCUT2D eigenvalue weighted by molar-refractivity contribution is 0.106. The van der Waals surface area contributed by atoms with E-state index in [2.05, 4.69) is 39.8 Å². The van der Waals surface area contributed by atoms with Crippen LogP contribution >= 0.6 is 0 Å². The fraction of sp³-hybridized carbons (Fsp3) is 0.857. The second-order valence-corrected chi connectivity index (χ2v) is 11.2. The lowest BCUT2D eigenvalue weighted by Crippen LogP contribution is -2.46. The molecule has 0 aromatic rings. The summed E-state index contributed by atoms with van der Waals surface area (Å²) in [6, 6.07) is 0. The highest BCUT2D eigenvalue weighted by Gasteiger charge is 2.40. The highest BCUT2D eigenvalue weighted by atomic mass is 28.4. The number of rotatable bonds is 2. The third-order valence-corrected chi connectivity index (χ3v) is 8.67. The lowest BCUT2D eigenvalue weighted by atomic mass is 9.87. The van der Waals surface area contributed by atoms with Gasteiger partial charge in [0.1, 0.15) is 0 Å². The molecule has 1 nitrogen and oxygen atoms in total. The average molecular weight is 238 g/mol. The van der Waals surface area contributed by atoms with E-state index in [1.165, 1.54) is 12.8 Å². The van der Waals surface area contributed by atoms with Crippen LogP contribution in [0.25, 0.3) is 0 Å². The van der Waals surface area contributed by atoms with E-state index < -0.39 is 8.32 Å². The van der Waals surface area contributed by atoms with E-state index in [4.69, 9.17) is 10.8 Å². The van der Waals surface area contributed by atoms with Gasteiger partial charge >= 0.3 is 0 Å². The molecule has 1 rings (SSSR count). The predicted molar refractivity (Wildman–Crippen MR) is 72.9 cm³/mol. The molecule has 1 aliphatic carbocycles. The largest absolute Gasteiger partial charge is 0.413 e. The highest BCUT2D eigenvalue weighted by molar-refractivity contribution is 6.74. The Balaban J connectivity index is 2.69. The first-order chi connectivity index (χ1) is 7.28. The van der Waals surface area contributed by atoms with Gasteiger partial charge in [0.05, 0.1) is 6.10 Å². The van der Waals surface area contributed by atoms with Crippen LogP contribution in [0.15, 0.2) is 0 Å². The Morgan fingerprint density at radius 2 is 1.75 bits per heavy atom. The highest BCUT2D eigenvalue weighted by Crippen LogP contribution is 2.40. The molecule has 1 saturated carbocycles. The van der Waals surface area contributed by atoms with Crippen LogP contribution in [0.4, 0.5) is 0 Å². The zero-order chi connectivity index (χ0) is 12.4. The van der Waals surface area contributed by atoms with Gasteiger partial charge in [-0.1, -0.05) is 33.6 Å². The summed E-state index contributed by atoms with van der Waals surface area (Å²) in [5.74, 6) is 3.28. The first kappa shape index (κ1) is 13.8. The Bertz CT molecular complexity index is 269. The van der Waals surface area contributed by atoms with E-state index in [0.717, 1.165) is 12.8 Å². The van der Waals surface area contributed by atoms with Gasteiger partial charge in [0, 0.05) is 5.92 Å². The molecule has 0 aromatic heterocycles. The molecule has 0 N–H and O–H groups in total. The molecule has 92 valence electrons. The molecule has 16 heavy (non-hydrogen) atoms. The van der Waals surface area contributed by atoms with E-state index >= 15 is 0 Å². The summed E-state index contributed by atoms with van der Waals surface area (Å²) < 4.78 is 6.44. The van der Waals surface area contributed by atoms with Gasteiger partial charge in [-0.25, -0.2) is 0 Å². The van der Waals surface area contributed by atoms with Gasteiger partial charge in [0.2, 0.25) is 0 Å². The molecule has 0 radical (unpaired) electrons. The van der Waals surface area contributed by atoms with Crippen LogP contribution in [-0.4, -0.2) is 14.4 Å². The minimum Gasteiger partial charge on any atom is -0.413 e. The van der Waals surface area contributed by atoms with Gasteiger partial charge in [0.25, 0.3) is 0 Å². The van der Waals surface area contributed by atoms with Crippen molar-refractivity contribution in [2.45, 2.75) is 70.7 Å². The molecule has 0 amide bonds. The van der Waals surface area contributed by atoms with Crippen molar-refractivity contribution in [1.82, 2.24) is 0 Å². The maximum atomic E-state index is 6.44. The number of terminal acetylenes is 1. The molecule has 0 aromatic carbocycles. The van der Waals surface area contributed by atoms with Crippen molar-refractivity contribution in [3.8, 4) is 12.3 Å². The Kier molecular flexibility index (Phi) is 4.26. The van der Waals surface area contributed by atoms with Gasteiger partial charge in [-0.15, -0.1) is 12.3 Å². The normalized spacial score (nSPS) is 27.5. The van der Waals surface area contributed by atoms with E-state index in [1.807, 2.05) is 0 Å². The topological polar surface area (TPSA) is 9.23 Å². The zero-order valence-electron chi connectivity index (χ0n) is 11.5. The van der Waals surface area contributed by atoms with E-state index in [1.54, 1.807) is 0 Å². The number of hydrogen-bond acceptors (Lipinski definition) is 1. The maximum absolute atomic E-state index is 6.44. The quantitative estimate of drug-likeness (QED) is 0.517. The second kappa shape index (κ2) is 4.94. The number of hydrogen-bond donors (Lipinski definition) is 0. The fourth-order valence-electron chi connectivity index (χ4n) is 1.98. The molecule has 0 aliphatic heterocycles. The van der Waals surface area contributed by atoms with Gasteiger partial charge < -0.3 is 4.43 Å². The maximum Gasteiger partial charge on any atom is 0.192 e. The lowest BCUT2D eigenvalue weighted by Gasteiger charge is -2.42. The molecule has 1 aliphatic rings. The SMILES string of the molecule is C#CC1CCCCC1O[Si](C)(C)C(C)(C)C. The van der Waals surface area contributed by atoms with Crippen LogP contribution in [0.3, 0.4) is 0 Å². The smallest absolute Gasteiger partial charge is 0.192 e. The van der Waals surface area contributed by atoms with Crippen LogP contribution in [0, 0.1) is 18.3 Å². The van der Waals surface area contributed by atoms with Crippen LogP contribution in [0.1, 0.15) is 46.5 Å². The van der Waals surface area contributed by atoms with Gasteiger partial charge in [-0.2, -0.15) is 0 Å². The monoisotopic (exact) mass is 238 g/mol. The summed E-state index contributed by atoms with van der Waals surface area (Å²) in [5, 5.41) is 0.281. The van der Waals surface area contributed by atoms with Crippen molar-refractivity contribution >= 4 is 8.32 Å². The van der Waals surface area contributed by atoms with Crippen LogP contribution in [0.2, 0.25) is 18.1 Å². The van der Waals surface area contributed by atoms with Crippen molar-refractivity contribution in [2.75, 3.05) is 0 Å². The molecule has 2 heteroatoms. The van der Waals surface area contributed by atoms with Gasteiger partial charge in [0.15, 0.2) is 8.32 Å². The summed E-state index contributed by atoms with van der Waals surface area (Å²) in [6.07, 6.45) is 10.8. The van der Waals surface area contributed by atoms with Crippen molar-refractivity contribution in [3.05, 3.63) is 0 Å². The van der Waals surface area contributed by atoms with Crippen LogP contribution < -0.4 is 0 Å². The first-order valence-electron chi connectivity index (χ1n) is 6.42. The Morgan fingerprint density at radius 1 is 1.19 bits per heavy atom. The Morgan fingerprint density at radius 3 is 2.25 bits per heavy atom. The van der Waals surface area contributed by atoms with Crippen molar-refractivity contribution in [1.29, 1.82) is 0 Å². The van der Waals surface area contributed by atoms with E-state index in [0.29, 0.717) is 12.0 Å². The predicted octanol–water partition coefficient (Wildman–Crippen LogP) is 4.20. The standard InChI is InChI=1S/C14H26OSi/c1-7-12-10-8-9-11-13(12)15-16(5,6)14(2,3)4/h1,12-13H,8-11H2,2-6H3. The van der Waals surface area contributed by atoms with E-state index in [-0.39, 0.29) is 5.04 Å². The summed E-state index contributed by atoms with van der Waals surface area (Å²) in [6.45, 7) is 11.5. The first-order valence-corrected chi connectivity index (χ1v) is 9.33. The van der Waals surface area contributed by atoms with Crippen LogP contribution in [0.5, 0.6) is 0 Å². The molecule has 1 fully saturated rings. The third kappa shape index (κ3) is 3.12. The minimum absolute atomic E-state index is 0.281. The third-order valence-electron chi connectivity index (χ3n) is 4.17. The molecule has 2 atom stereocenters. The van der Waals surface area contributed by atoms with Crippen molar-refractivity contribution in [2.24, 2.45) is 5.92 Å². The molecular formula is C14H26OSi. The fourth-order valence-corrected chi connectivity index (χ4v) is 3.38. The molecule has 2 unspecified atom stereocenters. The van der Waals surface area contributed by atoms with Gasteiger partial charge in [-0.05, 0) is 31.0 Å². The van der Waals surface area contributed by atoms with Crippen LogP contribution in [-0.2, 0) is 4.43 Å². The molecule has 0 bridgehead atoms. The Labute approximate surface area is 102 Å². The van der Waals surface area contributed by atoms with E-state index in [9.17, 15) is 0 Å².